The first kappa shape index (κ1) is 8.58. The van der Waals surface area contributed by atoms with Crippen LogP contribution in [-0.2, 0) is 9.31 Å². The van der Waals surface area contributed by atoms with Gasteiger partial charge in [0.25, 0.3) is 0 Å². The molecule has 2 fully saturated rings. The average Bonchev–Trinajstić information content (AvgIpc) is 2.42. The van der Waals surface area contributed by atoms with Crippen molar-refractivity contribution in [3.8, 4) is 0 Å². The van der Waals surface area contributed by atoms with Gasteiger partial charge in [-0.05, 0) is 32.0 Å². The lowest BCUT2D eigenvalue weighted by molar-refractivity contribution is 0.0161. The molecule has 1 saturated carbocycles. The molecule has 12 heavy (non-hydrogen) atoms. The number of hydrogen-bond donors (Lipinski definition) is 0. The summed E-state index contributed by atoms with van der Waals surface area (Å²) in [6.07, 6.45) is 3.99. The third-order valence-electron chi connectivity index (χ3n) is 3.30. The summed E-state index contributed by atoms with van der Waals surface area (Å²) < 4.78 is 11.6. The van der Waals surface area contributed by atoms with Gasteiger partial charge in [-0.2, -0.15) is 0 Å². The van der Waals surface area contributed by atoms with Crippen molar-refractivity contribution in [2.75, 3.05) is 0 Å². The van der Waals surface area contributed by atoms with E-state index >= 15 is 0 Å². The quantitative estimate of drug-likeness (QED) is 0.558. The first-order valence-electron chi connectivity index (χ1n) is 4.98. The number of fused-ring (bicyclic) bond motifs is 1. The summed E-state index contributed by atoms with van der Waals surface area (Å²) in [6.45, 7) is 6.47. The van der Waals surface area contributed by atoms with Crippen LogP contribution in [0.1, 0.15) is 33.1 Å². The second-order valence-corrected chi connectivity index (χ2v) is 4.31. The van der Waals surface area contributed by atoms with E-state index in [0.29, 0.717) is 12.0 Å². The Hall–Kier alpha value is -0.0151. The highest BCUT2D eigenvalue weighted by molar-refractivity contribution is 6.43. The van der Waals surface area contributed by atoms with E-state index in [0.717, 1.165) is 0 Å². The van der Waals surface area contributed by atoms with E-state index in [2.05, 4.69) is 13.8 Å². The van der Waals surface area contributed by atoms with Crippen LogP contribution in [0, 0.1) is 5.92 Å². The van der Waals surface area contributed by atoms with Gasteiger partial charge in [0.15, 0.2) is 0 Å². The maximum Gasteiger partial charge on any atom is 0.454 e. The molecule has 1 aliphatic carbocycles. The summed E-state index contributed by atoms with van der Waals surface area (Å²) in [7, 11) is 0.0118. The Balaban J connectivity index is 2.20. The van der Waals surface area contributed by atoms with E-state index in [4.69, 9.17) is 9.31 Å². The van der Waals surface area contributed by atoms with Gasteiger partial charge < -0.3 is 9.31 Å². The number of hydrogen-bond acceptors (Lipinski definition) is 2. The van der Waals surface area contributed by atoms with Crippen LogP contribution in [0.25, 0.3) is 0 Å². The zero-order valence-corrected chi connectivity index (χ0v) is 8.17. The van der Waals surface area contributed by atoms with Crippen molar-refractivity contribution in [1.82, 2.24) is 0 Å². The standard InChI is InChI=1S/C9H17BO2/c1-7(2)9-6-4-5-8(9)11-10(3)12-9/h7-8H,4-6H2,1-3H3/t8-,9-/m0/s1. The molecule has 2 atom stereocenters. The Bertz CT molecular complexity index is 183. The second-order valence-electron chi connectivity index (χ2n) is 4.31. The van der Waals surface area contributed by atoms with E-state index in [1.54, 1.807) is 0 Å². The Morgan fingerprint density at radius 3 is 2.83 bits per heavy atom. The molecule has 0 aromatic carbocycles. The summed E-state index contributed by atoms with van der Waals surface area (Å²) in [5, 5.41) is 0. The van der Waals surface area contributed by atoms with Gasteiger partial charge in [-0.3, -0.25) is 0 Å². The van der Waals surface area contributed by atoms with Crippen molar-refractivity contribution in [3.05, 3.63) is 0 Å². The van der Waals surface area contributed by atoms with Crippen LogP contribution in [0.3, 0.4) is 0 Å². The van der Waals surface area contributed by atoms with Crippen molar-refractivity contribution in [1.29, 1.82) is 0 Å². The fourth-order valence-electron chi connectivity index (χ4n) is 2.65. The van der Waals surface area contributed by atoms with E-state index in [9.17, 15) is 0 Å². The van der Waals surface area contributed by atoms with Crippen molar-refractivity contribution in [2.24, 2.45) is 5.92 Å². The fraction of sp³-hybridized carbons (Fsp3) is 1.00. The molecule has 0 aromatic heterocycles. The summed E-state index contributed by atoms with van der Waals surface area (Å²) in [5.74, 6) is 0.579. The van der Waals surface area contributed by atoms with Crippen molar-refractivity contribution < 1.29 is 9.31 Å². The molecule has 0 bridgehead atoms. The van der Waals surface area contributed by atoms with Crippen LogP contribution in [-0.4, -0.2) is 18.8 Å². The molecular formula is C9H17BO2. The molecule has 0 unspecified atom stereocenters. The van der Waals surface area contributed by atoms with E-state index in [1.165, 1.54) is 19.3 Å². The molecule has 0 spiro atoms. The van der Waals surface area contributed by atoms with Gasteiger partial charge in [0, 0.05) is 0 Å². The maximum atomic E-state index is 5.91. The lowest BCUT2D eigenvalue weighted by Crippen LogP contribution is -2.40. The van der Waals surface area contributed by atoms with Crippen LogP contribution in [0.4, 0.5) is 0 Å². The zero-order valence-electron chi connectivity index (χ0n) is 8.17. The molecule has 0 aromatic rings. The summed E-state index contributed by atoms with van der Waals surface area (Å²) in [4.78, 5) is 0. The maximum absolute atomic E-state index is 5.91. The first-order valence-corrected chi connectivity index (χ1v) is 4.98. The molecule has 0 radical (unpaired) electrons. The highest BCUT2D eigenvalue weighted by Crippen LogP contribution is 2.45. The SMILES string of the molecule is CB1O[C@H]2CCC[C@@]2(C(C)C)O1. The summed E-state index contributed by atoms with van der Waals surface area (Å²) >= 11 is 0. The highest BCUT2D eigenvalue weighted by Gasteiger charge is 2.53. The Morgan fingerprint density at radius 1 is 1.50 bits per heavy atom. The minimum atomic E-state index is 0.0118. The predicted molar refractivity (Wildman–Crippen MR) is 49.0 cm³/mol. The molecule has 2 rings (SSSR count). The molecule has 2 aliphatic rings. The molecule has 2 nitrogen and oxygen atoms in total. The van der Waals surface area contributed by atoms with E-state index < -0.39 is 0 Å². The van der Waals surface area contributed by atoms with Gasteiger partial charge in [-0.25, -0.2) is 0 Å². The van der Waals surface area contributed by atoms with Crippen molar-refractivity contribution in [2.45, 2.75) is 51.6 Å². The van der Waals surface area contributed by atoms with E-state index in [-0.39, 0.29) is 12.7 Å². The topological polar surface area (TPSA) is 18.5 Å². The highest BCUT2D eigenvalue weighted by atomic mass is 16.7. The molecule has 1 saturated heterocycles. The minimum absolute atomic E-state index is 0.0118. The van der Waals surface area contributed by atoms with Crippen LogP contribution in [0.15, 0.2) is 0 Å². The first-order chi connectivity index (χ1) is 5.65. The third kappa shape index (κ3) is 1.03. The van der Waals surface area contributed by atoms with Crippen LogP contribution in [0.2, 0.25) is 6.82 Å². The molecule has 0 amide bonds. The average molecular weight is 168 g/mol. The minimum Gasteiger partial charge on any atom is -0.406 e. The van der Waals surface area contributed by atoms with Gasteiger partial charge in [0.1, 0.15) is 0 Å². The third-order valence-corrected chi connectivity index (χ3v) is 3.30. The Kier molecular flexibility index (Phi) is 1.96. The van der Waals surface area contributed by atoms with Gasteiger partial charge in [0.2, 0.25) is 0 Å². The number of rotatable bonds is 1. The van der Waals surface area contributed by atoms with Gasteiger partial charge in [-0.1, -0.05) is 13.8 Å². The van der Waals surface area contributed by atoms with Gasteiger partial charge in [-0.15, -0.1) is 0 Å². The zero-order chi connectivity index (χ0) is 8.77. The molecule has 1 heterocycles. The second kappa shape index (κ2) is 2.74. The lowest BCUT2D eigenvalue weighted by atomic mass is 9.86. The molecule has 68 valence electrons. The fourth-order valence-corrected chi connectivity index (χ4v) is 2.65. The largest absolute Gasteiger partial charge is 0.454 e. The van der Waals surface area contributed by atoms with E-state index in [1.807, 2.05) is 6.82 Å². The molecule has 3 heteroatoms. The summed E-state index contributed by atoms with van der Waals surface area (Å²) in [6, 6.07) is 0. The molecule has 0 N–H and O–H groups in total. The lowest BCUT2D eigenvalue weighted by Gasteiger charge is -2.32. The predicted octanol–water partition coefficient (Wildman–Crippen LogP) is 2.10. The van der Waals surface area contributed by atoms with Crippen LogP contribution < -0.4 is 0 Å². The molecular weight excluding hydrogens is 151 g/mol. The Labute approximate surface area is 74.8 Å². The Morgan fingerprint density at radius 2 is 2.25 bits per heavy atom. The van der Waals surface area contributed by atoms with Crippen LogP contribution >= 0.6 is 0 Å². The smallest absolute Gasteiger partial charge is 0.406 e. The summed E-state index contributed by atoms with van der Waals surface area (Å²) in [5.41, 5.74) is 0.0550. The van der Waals surface area contributed by atoms with Gasteiger partial charge >= 0.3 is 7.12 Å². The van der Waals surface area contributed by atoms with Crippen molar-refractivity contribution >= 4 is 7.12 Å². The van der Waals surface area contributed by atoms with Gasteiger partial charge in [0.05, 0.1) is 11.7 Å². The normalized spacial score (nSPS) is 41.0. The molecule has 1 aliphatic heterocycles. The van der Waals surface area contributed by atoms with Crippen molar-refractivity contribution in [3.63, 3.8) is 0 Å². The monoisotopic (exact) mass is 168 g/mol. The van der Waals surface area contributed by atoms with Crippen LogP contribution in [0.5, 0.6) is 0 Å².